The topological polar surface area (TPSA) is 59.7 Å². The van der Waals surface area contributed by atoms with E-state index < -0.39 is 17.9 Å². The lowest BCUT2D eigenvalue weighted by Crippen LogP contribution is -2.01. The van der Waals surface area contributed by atoms with Gasteiger partial charge in [-0.3, -0.25) is 0 Å². The summed E-state index contributed by atoms with van der Waals surface area (Å²) in [5.41, 5.74) is 0.847. The predicted molar refractivity (Wildman–Crippen MR) is 65.2 cm³/mol. The van der Waals surface area contributed by atoms with E-state index in [2.05, 4.69) is 4.74 Å². The summed E-state index contributed by atoms with van der Waals surface area (Å²) in [5, 5.41) is 10.1. The molecule has 2 rings (SSSR count). The Bertz CT molecular complexity index is 603. The highest BCUT2D eigenvalue weighted by Crippen LogP contribution is 2.25. The first-order valence-corrected chi connectivity index (χ1v) is 5.65. The Morgan fingerprint density at radius 3 is 2.74 bits per heavy atom. The van der Waals surface area contributed by atoms with Gasteiger partial charge in [0.15, 0.2) is 0 Å². The molecule has 100 valence electrons. The van der Waals surface area contributed by atoms with Crippen LogP contribution < -0.4 is 0 Å². The molecule has 0 amide bonds. The van der Waals surface area contributed by atoms with Gasteiger partial charge in [-0.1, -0.05) is 12.1 Å². The number of benzene rings is 1. The molecule has 0 aliphatic carbocycles. The Morgan fingerprint density at radius 1 is 1.37 bits per heavy atom. The van der Waals surface area contributed by atoms with Crippen LogP contribution in [-0.4, -0.2) is 18.2 Å². The lowest BCUT2D eigenvalue weighted by Gasteiger charge is -2.09. The molecule has 0 saturated heterocycles. The van der Waals surface area contributed by atoms with Gasteiger partial charge < -0.3 is 14.3 Å². The summed E-state index contributed by atoms with van der Waals surface area (Å²) in [5.74, 6) is -0.891. The van der Waals surface area contributed by atoms with Crippen molar-refractivity contribution in [3.63, 3.8) is 0 Å². The van der Waals surface area contributed by atoms with E-state index in [0.29, 0.717) is 11.1 Å². The van der Waals surface area contributed by atoms with Gasteiger partial charge in [-0.25, -0.2) is 9.18 Å². The molecular formula is C14H13FO4. The maximum Gasteiger partial charge on any atom is 0.373 e. The highest BCUT2D eigenvalue weighted by molar-refractivity contribution is 5.86. The van der Waals surface area contributed by atoms with Crippen LogP contribution in [0, 0.1) is 12.7 Å². The van der Waals surface area contributed by atoms with Crippen LogP contribution in [0.5, 0.6) is 0 Å². The van der Waals surface area contributed by atoms with Gasteiger partial charge in [-0.15, -0.1) is 0 Å². The van der Waals surface area contributed by atoms with Crippen molar-refractivity contribution >= 4 is 5.97 Å². The molecular weight excluding hydrogens is 251 g/mol. The maximum atomic E-state index is 13.4. The van der Waals surface area contributed by atoms with E-state index in [1.165, 1.54) is 25.3 Å². The minimum Gasteiger partial charge on any atom is -0.463 e. The van der Waals surface area contributed by atoms with Crippen LogP contribution in [0.25, 0.3) is 0 Å². The number of carbonyl (C=O) groups is 1. The number of carbonyl (C=O) groups excluding carboxylic acids is 1. The molecule has 0 aliphatic rings. The summed E-state index contributed by atoms with van der Waals surface area (Å²) in [6, 6.07) is 7.26. The fraction of sp³-hybridized carbons (Fsp3) is 0.214. The minimum absolute atomic E-state index is 0.0101. The molecule has 0 bridgehead atoms. The molecule has 1 aromatic heterocycles. The molecule has 0 fully saturated rings. The van der Waals surface area contributed by atoms with Gasteiger partial charge in [0.2, 0.25) is 5.76 Å². The van der Waals surface area contributed by atoms with Gasteiger partial charge in [0, 0.05) is 0 Å². The molecule has 0 spiro atoms. The number of aliphatic hydroxyl groups is 1. The standard InChI is InChI=1S/C14H13FO4/c1-8-3-4-9(7-10(8)15)13(16)11-5-6-12(19-11)14(17)18-2/h3-7,13,16H,1-2H3. The van der Waals surface area contributed by atoms with Gasteiger partial charge in [0.05, 0.1) is 7.11 Å². The number of hydrogen-bond donors (Lipinski definition) is 1. The van der Waals surface area contributed by atoms with Crippen LogP contribution in [0.15, 0.2) is 34.7 Å². The van der Waals surface area contributed by atoms with Crippen LogP contribution in [-0.2, 0) is 4.74 Å². The molecule has 1 N–H and O–H groups in total. The van der Waals surface area contributed by atoms with Crippen molar-refractivity contribution in [1.29, 1.82) is 0 Å². The Kier molecular flexibility index (Phi) is 3.66. The van der Waals surface area contributed by atoms with Gasteiger partial charge in [-0.05, 0) is 36.2 Å². The Balaban J connectivity index is 2.28. The summed E-state index contributed by atoms with van der Waals surface area (Å²) in [7, 11) is 1.23. The fourth-order valence-corrected chi connectivity index (χ4v) is 1.65. The Morgan fingerprint density at radius 2 is 2.11 bits per heavy atom. The van der Waals surface area contributed by atoms with Crippen molar-refractivity contribution in [2.24, 2.45) is 0 Å². The van der Waals surface area contributed by atoms with Crippen molar-refractivity contribution in [1.82, 2.24) is 0 Å². The molecule has 1 aromatic carbocycles. The zero-order valence-electron chi connectivity index (χ0n) is 10.5. The normalized spacial score (nSPS) is 12.2. The highest BCUT2D eigenvalue weighted by atomic mass is 19.1. The molecule has 0 aliphatic heterocycles. The number of aryl methyl sites for hydroxylation is 1. The van der Waals surface area contributed by atoms with Crippen molar-refractivity contribution < 1.29 is 23.4 Å². The maximum absolute atomic E-state index is 13.4. The van der Waals surface area contributed by atoms with Crippen LogP contribution in [0.2, 0.25) is 0 Å². The molecule has 4 nitrogen and oxygen atoms in total. The third-order valence-corrected chi connectivity index (χ3v) is 2.79. The van der Waals surface area contributed by atoms with Crippen LogP contribution in [0.1, 0.15) is 33.5 Å². The van der Waals surface area contributed by atoms with Crippen LogP contribution in [0.4, 0.5) is 4.39 Å². The van der Waals surface area contributed by atoms with E-state index in [1.54, 1.807) is 19.1 Å². The average molecular weight is 264 g/mol. The summed E-state index contributed by atoms with van der Waals surface area (Å²) in [6.45, 7) is 1.63. The number of methoxy groups -OCH3 is 1. The summed E-state index contributed by atoms with van der Waals surface area (Å²) in [4.78, 5) is 11.2. The van der Waals surface area contributed by atoms with E-state index in [1.807, 2.05) is 0 Å². The number of furan rings is 1. The number of aliphatic hydroxyl groups excluding tert-OH is 1. The monoisotopic (exact) mass is 264 g/mol. The first kappa shape index (κ1) is 13.3. The number of halogens is 1. The van der Waals surface area contributed by atoms with Gasteiger partial charge in [0.1, 0.15) is 17.7 Å². The molecule has 19 heavy (non-hydrogen) atoms. The lowest BCUT2D eigenvalue weighted by molar-refractivity contribution is 0.0558. The minimum atomic E-state index is -1.13. The van der Waals surface area contributed by atoms with Crippen molar-refractivity contribution in [2.45, 2.75) is 13.0 Å². The fourth-order valence-electron chi connectivity index (χ4n) is 1.65. The number of esters is 1. The third-order valence-electron chi connectivity index (χ3n) is 2.79. The van der Waals surface area contributed by atoms with E-state index in [9.17, 15) is 14.3 Å². The third kappa shape index (κ3) is 2.66. The van der Waals surface area contributed by atoms with E-state index >= 15 is 0 Å². The molecule has 0 saturated carbocycles. The number of ether oxygens (including phenoxy) is 1. The zero-order valence-corrected chi connectivity index (χ0v) is 10.5. The molecule has 0 radical (unpaired) electrons. The molecule has 2 aromatic rings. The molecule has 5 heteroatoms. The Labute approximate surface area is 109 Å². The second kappa shape index (κ2) is 5.24. The second-order valence-corrected chi connectivity index (χ2v) is 4.10. The highest BCUT2D eigenvalue weighted by Gasteiger charge is 2.18. The predicted octanol–water partition coefficient (Wildman–Crippen LogP) is 2.60. The quantitative estimate of drug-likeness (QED) is 0.866. The van der Waals surface area contributed by atoms with Gasteiger partial charge >= 0.3 is 5.97 Å². The van der Waals surface area contributed by atoms with E-state index in [-0.39, 0.29) is 11.5 Å². The van der Waals surface area contributed by atoms with Crippen molar-refractivity contribution in [3.8, 4) is 0 Å². The Hall–Kier alpha value is -2.14. The van der Waals surface area contributed by atoms with Gasteiger partial charge in [-0.2, -0.15) is 0 Å². The van der Waals surface area contributed by atoms with E-state index in [4.69, 9.17) is 4.42 Å². The summed E-state index contributed by atoms with van der Waals surface area (Å²) >= 11 is 0. The van der Waals surface area contributed by atoms with Crippen LogP contribution >= 0.6 is 0 Å². The average Bonchev–Trinajstić information content (AvgIpc) is 2.89. The van der Waals surface area contributed by atoms with Crippen LogP contribution in [0.3, 0.4) is 0 Å². The second-order valence-electron chi connectivity index (χ2n) is 4.10. The number of hydrogen-bond acceptors (Lipinski definition) is 4. The smallest absolute Gasteiger partial charge is 0.373 e. The van der Waals surface area contributed by atoms with E-state index in [0.717, 1.165) is 0 Å². The summed E-state index contributed by atoms with van der Waals surface area (Å²) in [6.07, 6.45) is -1.13. The molecule has 1 heterocycles. The lowest BCUT2D eigenvalue weighted by atomic mass is 10.1. The first-order valence-electron chi connectivity index (χ1n) is 5.65. The molecule has 1 unspecified atom stereocenters. The zero-order chi connectivity index (χ0) is 14.0. The number of rotatable bonds is 3. The van der Waals surface area contributed by atoms with Gasteiger partial charge in [0.25, 0.3) is 0 Å². The summed E-state index contributed by atoms with van der Waals surface area (Å²) < 4.78 is 23.1. The van der Waals surface area contributed by atoms with Crippen molar-refractivity contribution in [2.75, 3.05) is 7.11 Å². The van der Waals surface area contributed by atoms with Crippen molar-refractivity contribution in [3.05, 3.63) is 58.8 Å². The largest absolute Gasteiger partial charge is 0.463 e. The molecule has 1 atom stereocenters. The SMILES string of the molecule is COC(=O)c1ccc(C(O)c2ccc(C)c(F)c2)o1. The first-order chi connectivity index (χ1) is 9.02.